The van der Waals surface area contributed by atoms with Crippen molar-refractivity contribution in [3.05, 3.63) is 35.2 Å². The Morgan fingerprint density at radius 2 is 2.12 bits per heavy atom. The van der Waals surface area contributed by atoms with Gasteiger partial charge in [-0.15, -0.1) is 11.3 Å². The molecule has 4 heteroatoms. The van der Waals surface area contributed by atoms with Gasteiger partial charge in [0.25, 0.3) is 0 Å². The summed E-state index contributed by atoms with van der Waals surface area (Å²) in [5.41, 5.74) is 0.775. The van der Waals surface area contributed by atoms with Gasteiger partial charge < -0.3 is 9.47 Å². The number of carbonyl (C=O) groups excluding carboxylic acids is 1. The minimum Gasteiger partial charge on any atom is -0.350 e. The van der Waals surface area contributed by atoms with Gasteiger partial charge in [-0.2, -0.15) is 0 Å². The molecule has 0 atom stereocenters. The zero-order valence-corrected chi connectivity index (χ0v) is 10.0. The SMILES string of the molecule is O=C(CC1OCCO1)c1cccc2ccsc12. The van der Waals surface area contributed by atoms with E-state index < -0.39 is 0 Å². The highest BCUT2D eigenvalue weighted by molar-refractivity contribution is 7.17. The van der Waals surface area contributed by atoms with E-state index in [1.54, 1.807) is 11.3 Å². The molecule has 0 saturated carbocycles. The Hall–Kier alpha value is -1.23. The van der Waals surface area contributed by atoms with Gasteiger partial charge >= 0.3 is 0 Å². The molecule has 1 aromatic heterocycles. The van der Waals surface area contributed by atoms with Crippen LogP contribution in [0.25, 0.3) is 10.1 Å². The monoisotopic (exact) mass is 248 g/mol. The van der Waals surface area contributed by atoms with E-state index in [1.807, 2.05) is 29.6 Å². The van der Waals surface area contributed by atoms with Gasteiger partial charge in [0.05, 0.1) is 19.6 Å². The molecule has 2 heterocycles. The molecule has 2 aromatic rings. The van der Waals surface area contributed by atoms with Gasteiger partial charge in [-0.25, -0.2) is 0 Å². The minimum absolute atomic E-state index is 0.0879. The fraction of sp³-hybridized carbons (Fsp3) is 0.308. The topological polar surface area (TPSA) is 35.5 Å². The Kier molecular flexibility index (Phi) is 2.93. The van der Waals surface area contributed by atoms with Gasteiger partial charge in [0.15, 0.2) is 12.1 Å². The number of thiophene rings is 1. The molecule has 0 unspecified atom stereocenters. The van der Waals surface area contributed by atoms with Gasteiger partial charge in [0, 0.05) is 10.3 Å². The molecule has 0 aliphatic carbocycles. The summed E-state index contributed by atoms with van der Waals surface area (Å²) in [6.45, 7) is 1.17. The second-order valence-electron chi connectivity index (χ2n) is 3.94. The number of ether oxygens (including phenoxy) is 2. The van der Waals surface area contributed by atoms with Gasteiger partial charge in [0.2, 0.25) is 0 Å². The second-order valence-corrected chi connectivity index (χ2v) is 4.86. The summed E-state index contributed by atoms with van der Waals surface area (Å²) < 4.78 is 11.6. The van der Waals surface area contributed by atoms with Crippen LogP contribution in [-0.2, 0) is 9.47 Å². The fourth-order valence-corrected chi connectivity index (χ4v) is 2.93. The van der Waals surface area contributed by atoms with E-state index in [-0.39, 0.29) is 12.1 Å². The van der Waals surface area contributed by atoms with Crippen LogP contribution in [0.3, 0.4) is 0 Å². The first-order valence-corrected chi connectivity index (χ1v) is 6.45. The van der Waals surface area contributed by atoms with Crippen LogP contribution in [0.15, 0.2) is 29.6 Å². The molecule has 17 heavy (non-hydrogen) atoms. The Balaban J connectivity index is 1.87. The maximum atomic E-state index is 12.2. The molecule has 0 amide bonds. The number of carbonyl (C=O) groups is 1. The Morgan fingerprint density at radius 3 is 2.94 bits per heavy atom. The van der Waals surface area contributed by atoms with Gasteiger partial charge in [-0.1, -0.05) is 12.1 Å². The third kappa shape index (κ3) is 2.11. The lowest BCUT2D eigenvalue weighted by atomic mass is 10.1. The zero-order valence-electron chi connectivity index (χ0n) is 9.22. The van der Waals surface area contributed by atoms with Crippen LogP contribution < -0.4 is 0 Å². The number of hydrogen-bond donors (Lipinski definition) is 0. The van der Waals surface area contributed by atoms with Gasteiger partial charge in [0.1, 0.15) is 0 Å². The molecule has 0 radical (unpaired) electrons. The molecule has 1 saturated heterocycles. The average molecular weight is 248 g/mol. The molecule has 3 nitrogen and oxygen atoms in total. The highest BCUT2D eigenvalue weighted by Gasteiger charge is 2.21. The van der Waals surface area contributed by atoms with E-state index >= 15 is 0 Å². The predicted octanol–water partition coefficient (Wildman–Crippen LogP) is 2.85. The van der Waals surface area contributed by atoms with E-state index in [0.717, 1.165) is 15.6 Å². The Bertz CT molecular complexity index is 540. The summed E-state index contributed by atoms with van der Waals surface area (Å²) in [6, 6.07) is 7.83. The highest BCUT2D eigenvalue weighted by Crippen LogP contribution is 2.26. The standard InChI is InChI=1S/C13H12O3S/c14-11(8-12-15-5-6-16-12)10-3-1-2-9-4-7-17-13(9)10/h1-4,7,12H,5-6,8H2. The minimum atomic E-state index is -0.363. The maximum absolute atomic E-state index is 12.2. The Labute approximate surface area is 103 Å². The molecule has 0 spiro atoms. The molecule has 3 rings (SSSR count). The lowest BCUT2D eigenvalue weighted by Gasteiger charge is -2.08. The molecule has 0 N–H and O–H groups in total. The van der Waals surface area contributed by atoms with E-state index in [4.69, 9.17) is 9.47 Å². The van der Waals surface area contributed by atoms with Crippen LogP contribution in [0.5, 0.6) is 0 Å². The Morgan fingerprint density at radius 1 is 1.29 bits per heavy atom. The van der Waals surface area contributed by atoms with Crippen LogP contribution in [-0.4, -0.2) is 25.3 Å². The molecule has 1 aromatic carbocycles. The predicted molar refractivity (Wildman–Crippen MR) is 66.5 cm³/mol. The van der Waals surface area contributed by atoms with E-state index in [1.165, 1.54) is 0 Å². The smallest absolute Gasteiger partial charge is 0.169 e. The van der Waals surface area contributed by atoms with Crippen LogP contribution in [0.4, 0.5) is 0 Å². The highest BCUT2D eigenvalue weighted by atomic mass is 32.1. The molecule has 1 fully saturated rings. The number of ketones is 1. The van der Waals surface area contributed by atoms with Crippen LogP contribution >= 0.6 is 11.3 Å². The van der Waals surface area contributed by atoms with E-state index in [0.29, 0.717) is 19.6 Å². The average Bonchev–Trinajstić information content (AvgIpc) is 2.97. The van der Waals surface area contributed by atoms with Crippen LogP contribution in [0.2, 0.25) is 0 Å². The van der Waals surface area contributed by atoms with Crippen LogP contribution in [0, 0.1) is 0 Å². The quantitative estimate of drug-likeness (QED) is 0.783. The first-order valence-electron chi connectivity index (χ1n) is 5.57. The van der Waals surface area contributed by atoms with Crippen molar-refractivity contribution in [3.63, 3.8) is 0 Å². The number of Topliss-reactive ketones (excluding diaryl/α,β-unsaturated/α-hetero) is 1. The largest absolute Gasteiger partial charge is 0.350 e. The van der Waals surface area contributed by atoms with Crippen molar-refractivity contribution in [2.45, 2.75) is 12.7 Å². The first-order chi connectivity index (χ1) is 8.34. The van der Waals surface area contributed by atoms with Crippen molar-refractivity contribution >= 4 is 27.2 Å². The molecule has 1 aliphatic heterocycles. The fourth-order valence-electron chi connectivity index (χ4n) is 2.00. The number of benzene rings is 1. The van der Waals surface area contributed by atoms with Gasteiger partial charge in [-0.3, -0.25) is 4.79 Å². The van der Waals surface area contributed by atoms with Gasteiger partial charge in [-0.05, 0) is 22.9 Å². The lowest BCUT2D eigenvalue weighted by molar-refractivity contribution is -0.0407. The second kappa shape index (κ2) is 4.56. The molecule has 88 valence electrons. The molecule has 1 aliphatic rings. The van der Waals surface area contributed by atoms with E-state index in [2.05, 4.69) is 0 Å². The summed E-state index contributed by atoms with van der Waals surface area (Å²) in [6.07, 6.45) is -0.0606. The summed E-state index contributed by atoms with van der Waals surface area (Å²) in [4.78, 5) is 12.2. The number of hydrogen-bond acceptors (Lipinski definition) is 4. The van der Waals surface area contributed by atoms with E-state index in [9.17, 15) is 4.79 Å². The van der Waals surface area contributed by atoms with Crippen molar-refractivity contribution < 1.29 is 14.3 Å². The lowest BCUT2D eigenvalue weighted by Crippen LogP contribution is -2.14. The normalized spacial score (nSPS) is 16.7. The summed E-state index contributed by atoms with van der Waals surface area (Å²) in [5, 5.41) is 3.12. The molecular formula is C13H12O3S. The first kappa shape index (κ1) is 10.9. The van der Waals surface area contributed by atoms with Crippen molar-refractivity contribution in [2.24, 2.45) is 0 Å². The summed E-state index contributed by atoms with van der Waals surface area (Å²) in [5.74, 6) is 0.0879. The third-order valence-electron chi connectivity index (χ3n) is 2.82. The molecular weight excluding hydrogens is 236 g/mol. The summed E-state index contributed by atoms with van der Waals surface area (Å²) >= 11 is 1.60. The molecule has 0 bridgehead atoms. The van der Waals surface area contributed by atoms with Crippen molar-refractivity contribution in [3.8, 4) is 0 Å². The zero-order chi connectivity index (χ0) is 11.7. The summed E-state index contributed by atoms with van der Waals surface area (Å²) in [7, 11) is 0. The van der Waals surface area contributed by atoms with Crippen LogP contribution in [0.1, 0.15) is 16.8 Å². The number of fused-ring (bicyclic) bond motifs is 1. The number of rotatable bonds is 3. The van der Waals surface area contributed by atoms with Crippen molar-refractivity contribution in [1.82, 2.24) is 0 Å². The van der Waals surface area contributed by atoms with Crippen molar-refractivity contribution in [2.75, 3.05) is 13.2 Å². The third-order valence-corrected chi connectivity index (χ3v) is 3.79. The van der Waals surface area contributed by atoms with Crippen molar-refractivity contribution in [1.29, 1.82) is 0 Å². The maximum Gasteiger partial charge on any atom is 0.169 e.